The number of carbonyl (C=O) groups is 2. The molecule has 110 valence electrons. The lowest BCUT2D eigenvalue weighted by Gasteiger charge is -2.23. The van der Waals surface area contributed by atoms with Crippen LogP contribution in [0, 0.1) is 5.92 Å². The van der Waals surface area contributed by atoms with Crippen LogP contribution in [0.3, 0.4) is 0 Å². The van der Waals surface area contributed by atoms with Gasteiger partial charge >= 0.3 is 12.1 Å². The number of carbonyl (C=O) groups excluding carboxylic acids is 1. The second-order valence-electron chi connectivity index (χ2n) is 6.05. The fraction of sp³-hybridized carbons (Fsp3) is 0.846. The van der Waals surface area contributed by atoms with Crippen LogP contribution < -0.4 is 10.6 Å². The third-order valence-electron chi connectivity index (χ3n) is 2.89. The van der Waals surface area contributed by atoms with Crippen molar-refractivity contribution >= 4 is 12.1 Å². The van der Waals surface area contributed by atoms with E-state index in [1.165, 1.54) is 0 Å². The highest BCUT2D eigenvalue weighted by Crippen LogP contribution is 2.32. The molecule has 1 aliphatic carbocycles. The molecule has 1 fully saturated rings. The minimum Gasteiger partial charge on any atom is -0.480 e. The SMILES string of the molecule is CC(NC(CNC(=O)OC(C)(C)C)C1CC1)C(=O)O. The Kier molecular flexibility index (Phi) is 5.17. The average molecular weight is 272 g/mol. The first-order valence-corrected chi connectivity index (χ1v) is 6.65. The monoisotopic (exact) mass is 272 g/mol. The number of carboxylic acids is 1. The Morgan fingerprint density at radius 2 is 1.95 bits per heavy atom. The molecule has 0 aromatic carbocycles. The molecule has 6 nitrogen and oxygen atoms in total. The number of hydrogen-bond donors (Lipinski definition) is 3. The van der Waals surface area contributed by atoms with Gasteiger partial charge in [-0.2, -0.15) is 0 Å². The Hall–Kier alpha value is -1.30. The molecule has 1 rings (SSSR count). The van der Waals surface area contributed by atoms with Crippen LogP contribution in [-0.4, -0.2) is 41.4 Å². The van der Waals surface area contributed by atoms with Crippen LogP contribution in [-0.2, 0) is 9.53 Å². The highest BCUT2D eigenvalue weighted by molar-refractivity contribution is 5.73. The second kappa shape index (κ2) is 6.23. The molecule has 0 aromatic rings. The lowest BCUT2D eigenvalue weighted by atomic mass is 10.1. The van der Waals surface area contributed by atoms with Gasteiger partial charge in [0.15, 0.2) is 0 Å². The summed E-state index contributed by atoms with van der Waals surface area (Å²) in [5.41, 5.74) is -0.527. The van der Waals surface area contributed by atoms with Crippen molar-refractivity contribution in [1.29, 1.82) is 0 Å². The molecule has 2 atom stereocenters. The van der Waals surface area contributed by atoms with Crippen molar-refractivity contribution in [3.63, 3.8) is 0 Å². The molecule has 0 radical (unpaired) electrons. The fourth-order valence-electron chi connectivity index (χ4n) is 1.76. The molecule has 2 unspecified atom stereocenters. The smallest absolute Gasteiger partial charge is 0.407 e. The second-order valence-corrected chi connectivity index (χ2v) is 6.05. The highest BCUT2D eigenvalue weighted by atomic mass is 16.6. The van der Waals surface area contributed by atoms with E-state index in [9.17, 15) is 9.59 Å². The summed E-state index contributed by atoms with van der Waals surface area (Å²) in [5, 5.41) is 14.6. The van der Waals surface area contributed by atoms with Crippen molar-refractivity contribution in [2.75, 3.05) is 6.54 Å². The van der Waals surface area contributed by atoms with E-state index in [4.69, 9.17) is 9.84 Å². The molecule has 0 spiro atoms. The zero-order valence-electron chi connectivity index (χ0n) is 12.0. The van der Waals surface area contributed by atoms with Crippen molar-refractivity contribution in [2.24, 2.45) is 5.92 Å². The summed E-state index contributed by atoms with van der Waals surface area (Å²) >= 11 is 0. The van der Waals surface area contributed by atoms with Gasteiger partial charge in [-0.25, -0.2) is 4.79 Å². The predicted molar refractivity (Wildman–Crippen MR) is 71.0 cm³/mol. The van der Waals surface area contributed by atoms with Gasteiger partial charge in [-0.3, -0.25) is 10.1 Å². The summed E-state index contributed by atoms with van der Waals surface area (Å²) < 4.78 is 5.15. The van der Waals surface area contributed by atoms with Gasteiger partial charge in [0.2, 0.25) is 0 Å². The van der Waals surface area contributed by atoms with E-state index in [-0.39, 0.29) is 6.04 Å². The Balaban J connectivity index is 2.38. The van der Waals surface area contributed by atoms with Crippen molar-refractivity contribution in [3.05, 3.63) is 0 Å². The summed E-state index contributed by atoms with van der Waals surface area (Å²) in [6.45, 7) is 7.39. The van der Waals surface area contributed by atoms with E-state index >= 15 is 0 Å². The largest absolute Gasteiger partial charge is 0.480 e. The maximum atomic E-state index is 11.5. The zero-order chi connectivity index (χ0) is 14.6. The molecular formula is C13H24N2O4. The van der Waals surface area contributed by atoms with Gasteiger partial charge in [-0.15, -0.1) is 0 Å². The number of hydrogen-bond acceptors (Lipinski definition) is 4. The predicted octanol–water partition coefficient (Wildman–Crippen LogP) is 1.35. The zero-order valence-corrected chi connectivity index (χ0v) is 12.0. The van der Waals surface area contributed by atoms with E-state index in [0.717, 1.165) is 12.8 Å². The van der Waals surface area contributed by atoms with E-state index in [0.29, 0.717) is 12.5 Å². The van der Waals surface area contributed by atoms with Crippen LogP contribution in [0.25, 0.3) is 0 Å². The van der Waals surface area contributed by atoms with Gasteiger partial charge in [-0.05, 0) is 46.5 Å². The number of ether oxygens (including phenoxy) is 1. The molecule has 0 aromatic heterocycles. The van der Waals surface area contributed by atoms with E-state index in [2.05, 4.69) is 10.6 Å². The molecule has 6 heteroatoms. The first-order chi connectivity index (χ1) is 8.69. The molecule has 0 aliphatic heterocycles. The van der Waals surface area contributed by atoms with Gasteiger partial charge in [0.25, 0.3) is 0 Å². The Morgan fingerprint density at radius 3 is 2.37 bits per heavy atom. The molecule has 0 saturated heterocycles. The van der Waals surface area contributed by atoms with Crippen LogP contribution in [0.15, 0.2) is 0 Å². The minimum absolute atomic E-state index is 0.0152. The topological polar surface area (TPSA) is 87.7 Å². The maximum Gasteiger partial charge on any atom is 0.407 e. The van der Waals surface area contributed by atoms with Crippen LogP contribution in [0.5, 0.6) is 0 Å². The van der Waals surface area contributed by atoms with Crippen LogP contribution in [0.2, 0.25) is 0 Å². The van der Waals surface area contributed by atoms with E-state index in [1.54, 1.807) is 27.7 Å². The number of amides is 1. The molecule has 0 heterocycles. The average Bonchev–Trinajstić information content (AvgIpc) is 3.04. The fourth-order valence-corrected chi connectivity index (χ4v) is 1.76. The van der Waals surface area contributed by atoms with Crippen LogP contribution in [0.1, 0.15) is 40.5 Å². The van der Waals surface area contributed by atoms with E-state index < -0.39 is 23.7 Å². The maximum absolute atomic E-state index is 11.5. The minimum atomic E-state index is -0.886. The number of carboxylic acid groups (broad SMARTS) is 1. The summed E-state index contributed by atoms with van der Waals surface area (Å²) in [5.74, 6) is -0.445. The lowest BCUT2D eigenvalue weighted by Crippen LogP contribution is -2.49. The Morgan fingerprint density at radius 1 is 1.37 bits per heavy atom. The third kappa shape index (κ3) is 6.42. The van der Waals surface area contributed by atoms with Crippen molar-refractivity contribution in [2.45, 2.75) is 58.2 Å². The molecule has 1 aliphatic rings. The first-order valence-electron chi connectivity index (χ1n) is 6.65. The molecule has 1 amide bonds. The number of aliphatic carboxylic acids is 1. The van der Waals surface area contributed by atoms with Gasteiger partial charge in [0.05, 0.1) is 0 Å². The Labute approximate surface area is 113 Å². The molecule has 1 saturated carbocycles. The Bertz CT molecular complexity index is 334. The van der Waals surface area contributed by atoms with Crippen molar-refractivity contribution in [1.82, 2.24) is 10.6 Å². The number of nitrogens with one attached hydrogen (secondary N) is 2. The van der Waals surface area contributed by atoms with Crippen molar-refractivity contribution < 1.29 is 19.4 Å². The quantitative estimate of drug-likeness (QED) is 0.679. The van der Waals surface area contributed by atoms with E-state index in [1.807, 2.05) is 0 Å². The van der Waals surface area contributed by atoms with Gasteiger partial charge < -0.3 is 15.2 Å². The molecule has 0 bridgehead atoms. The first kappa shape index (κ1) is 15.8. The normalized spacial score (nSPS) is 18.5. The highest BCUT2D eigenvalue weighted by Gasteiger charge is 2.33. The lowest BCUT2D eigenvalue weighted by molar-refractivity contribution is -0.139. The van der Waals surface area contributed by atoms with Gasteiger partial charge in [-0.1, -0.05) is 0 Å². The molecule has 19 heavy (non-hydrogen) atoms. The summed E-state index contributed by atoms with van der Waals surface area (Å²) in [6, 6.07) is -0.635. The standard InChI is InChI=1S/C13H24N2O4/c1-8(11(16)17)15-10(9-5-6-9)7-14-12(18)19-13(2,3)4/h8-10,15H,5-7H2,1-4H3,(H,14,18)(H,16,17). The van der Waals surface area contributed by atoms with Gasteiger partial charge in [0.1, 0.15) is 11.6 Å². The summed E-state index contributed by atoms with van der Waals surface area (Å²) in [6.07, 6.45) is 1.67. The number of alkyl carbamates (subject to hydrolysis) is 1. The summed E-state index contributed by atoms with van der Waals surface area (Å²) in [4.78, 5) is 22.4. The van der Waals surface area contributed by atoms with Gasteiger partial charge in [0, 0.05) is 12.6 Å². The summed E-state index contributed by atoms with van der Waals surface area (Å²) in [7, 11) is 0. The van der Waals surface area contributed by atoms with Crippen LogP contribution >= 0.6 is 0 Å². The molecular weight excluding hydrogens is 248 g/mol. The number of rotatable bonds is 6. The van der Waals surface area contributed by atoms with Crippen LogP contribution in [0.4, 0.5) is 4.79 Å². The molecule has 3 N–H and O–H groups in total. The van der Waals surface area contributed by atoms with Crippen molar-refractivity contribution in [3.8, 4) is 0 Å². The third-order valence-corrected chi connectivity index (χ3v) is 2.89.